The zero-order valence-corrected chi connectivity index (χ0v) is 35.6. The molecule has 16 nitrogen and oxygen atoms in total. The molecule has 4 N–H and O–H groups in total. The number of methoxy groups -OCH3 is 3. The molecular weight excluding hydrogens is 793 g/mol. The van der Waals surface area contributed by atoms with Crippen LogP contribution in [0.1, 0.15) is 63.3 Å². The molecule has 10 atom stereocenters. The molecule has 3 aromatic carbocycles. The topological polar surface area (TPSA) is 195 Å². The van der Waals surface area contributed by atoms with Crippen molar-refractivity contribution in [3.63, 3.8) is 0 Å². The molecule has 0 radical (unpaired) electrons. The molecule has 9 rings (SSSR count). The fourth-order valence-electron chi connectivity index (χ4n) is 9.71. The van der Waals surface area contributed by atoms with Gasteiger partial charge in [0.05, 0.1) is 42.8 Å². The molecular formula is C46H52N8O8. The average molecular weight is 845 g/mol. The number of ether oxygens (including phenoxy) is 3. The minimum absolute atomic E-state index is 0.0697. The first-order valence-corrected chi connectivity index (χ1v) is 21.1. The second-order valence-electron chi connectivity index (χ2n) is 17.1. The number of H-pyrrole nitrogens is 2. The number of imidazole rings is 2. The zero-order valence-electron chi connectivity index (χ0n) is 35.6. The van der Waals surface area contributed by atoms with Gasteiger partial charge in [-0.05, 0) is 85.4 Å². The van der Waals surface area contributed by atoms with Gasteiger partial charge in [-0.1, -0.05) is 48.5 Å². The van der Waals surface area contributed by atoms with E-state index in [1.54, 1.807) is 13.8 Å². The SMILES string of the molecule is COC(=O)N[C@H](C(=O)N1[C@@H]2C[C@@H]2C[C@H]1c1nc(-c2ccc(-c3ccc4cc(-c5c[nH]c([C@@H]6C[C@H]7C[C@H]7N6C(=O)[C@H]([C@@H](C)OC)N(C)C(=O)O)n5)ccc4c3)cc2)c[nH]1)C(C)OC. The number of piperidine rings is 2. The molecule has 5 aromatic rings. The molecule has 4 heterocycles. The second kappa shape index (κ2) is 16.2. The predicted octanol–water partition coefficient (Wildman–Crippen LogP) is 6.38. The van der Waals surface area contributed by atoms with Crippen LogP contribution in [0.4, 0.5) is 9.59 Å². The van der Waals surface area contributed by atoms with Crippen molar-refractivity contribution in [3.8, 4) is 33.6 Å². The quantitative estimate of drug-likeness (QED) is 0.103. The lowest BCUT2D eigenvalue weighted by Gasteiger charge is -2.35. The predicted molar refractivity (Wildman–Crippen MR) is 229 cm³/mol. The van der Waals surface area contributed by atoms with Crippen LogP contribution < -0.4 is 5.32 Å². The maximum atomic E-state index is 14.0. The Labute approximate surface area is 358 Å². The summed E-state index contributed by atoms with van der Waals surface area (Å²) in [4.78, 5) is 73.2. The van der Waals surface area contributed by atoms with Crippen LogP contribution in [-0.2, 0) is 23.8 Å². The van der Waals surface area contributed by atoms with E-state index in [-0.39, 0.29) is 36.0 Å². The number of alkyl carbamates (subject to hydrolysis) is 1. The highest BCUT2D eigenvalue weighted by molar-refractivity contribution is 5.91. The minimum atomic E-state index is -1.18. The van der Waals surface area contributed by atoms with Crippen molar-refractivity contribution in [2.45, 2.75) is 88.0 Å². The van der Waals surface area contributed by atoms with Gasteiger partial charge in [0.2, 0.25) is 11.8 Å². The van der Waals surface area contributed by atoms with E-state index in [1.165, 1.54) is 28.4 Å². The van der Waals surface area contributed by atoms with E-state index < -0.39 is 36.5 Å². The summed E-state index contributed by atoms with van der Waals surface area (Å²) in [6.45, 7) is 3.47. The van der Waals surface area contributed by atoms with Crippen molar-refractivity contribution < 1.29 is 38.5 Å². The molecule has 62 heavy (non-hydrogen) atoms. The number of nitrogens with zero attached hydrogens (tertiary/aromatic N) is 5. The number of carbonyl (C=O) groups is 4. The molecule has 0 bridgehead atoms. The Kier molecular flexibility index (Phi) is 10.8. The largest absolute Gasteiger partial charge is 0.465 e. The third kappa shape index (κ3) is 7.44. The van der Waals surface area contributed by atoms with Gasteiger partial charge in [-0.3, -0.25) is 14.5 Å². The Morgan fingerprint density at radius 2 is 1.21 bits per heavy atom. The maximum absolute atomic E-state index is 14.0. The molecule has 1 unspecified atom stereocenters. The van der Waals surface area contributed by atoms with Gasteiger partial charge in [-0.2, -0.15) is 0 Å². The van der Waals surface area contributed by atoms with Gasteiger partial charge < -0.3 is 44.4 Å². The molecule has 2 aromatic heterocycles. The van der Waals surface area contributed by atoms with E-state index in [0.29, 0.717) is 23.5 Å². The minimum Gasteiger partial charge on any atom is -0.465 e. The first kappa shape index (κ1) is 41.1. The molecule has 4 amide bonds. The number of fused-ring (bicyclic) bond motifs is 3. The molecule has 16 heteroatoms. The smallest absolute Gasteiger partial charge is 0.407 e. The van der Waals surface area contributed by atoms with Gasteiger partial charge >= 0.3 is 12.2 Å². The summed E-state index contributed by atoms with van der Waals surface area (Å²) in [6, 6.07) is 18.7. The van der Waals surface area contributed by atoms with E-state index in [9.17, 15) is 24.3 Å². The van der Waals surface area contributed by atoms with Crippen LogP contribution in [0.2, 0.25) is 0 Å². The number of carboxylic acid groups (broad SMARTS) is 1. The van der Waals surface area contributed by atoms with Crippen molar-refractivity contribution in [3.05, 3.63) is 84.7 Å². The lowest BCUT2D eigenvalue weighted by Crippen LogP contribution is -2.55. The van der Waals surface area contributed by atoms with Gasteiger partial charge in [0.25, 0.3) is 0 Å². The highest BCUT2D eigenvalue weighted by Crippen LogP contribution is 2.54. The van der Waals surface area contributed by atoms with Crippen LogP contribution in [0.3, 0.4) is 0 Å². The van der Waals surface area contributed by atoms with Crippen molar-refractivity contribution in [1.82, 2.24) is 40.0 Å². The fourth-order valence-corrected chi connectivity index (χ4v) is 9.71. The Morgan fingerprint density at radius 1 is 0.710 bits per heavy atom. The van der Waals surface area contributed by atoms with Gasteiger partial charge in [0, 0.05) is 56.9 Å². The Hall–Kier alpha value is -6.26. The molecule has 4 aliphatic rings. The Bertz CT molecular complexity index is 2520. The number of aromatic amines is 2. The lowest BCUT2D eigenvalue weighted by atomic mass is 9.98. The lowest BCUT2D eigenvalue weighted by molar-refractivity contribution is -0.142. The van der Waals surface area contributed by atoms with Crippen LogP contribution in [-0.4, -0.2) is 128 Å². The number of amides is 4. The fraction of sp³-hybridized carbons (Fsp3) is 0.435. The van der Waals surface area contributed by atoms with Crippen LogP contribution >= 0.6 is 0 Å². The van der Waals surface area contributed by atoms with Crippen LogP contribution in [0, 0.1) is 11.8 Å². The summed E-state index contributed by atoms with van der Waals surface area (Å²) < 4.78 is 15.7. The summed E-state index contributed by atoms with van der Waals surface area (Å²) in [5, 5.41) is 14.5. The van der Waals surface area contributed by atoms with Gasteiger partial charge in [0.15, 0.2) is 0 Å². The van der Waals surface area contributed by atoms with E-state index in [4.69, 9.17) is 24.2 Å². The molecule has 4 fully saturated rings. The molecule has 0 spiro atoms. The van der Waals surface area contributed by atoms with Crippen molar-refractivity contribution in [1.29, 1.82) is 0 Å². The molecule has 324 valence electrons. The normalized spacial score (nSPS) is 24.2. The zero-order chi connectivity index (χ0) is 43.6. The van der Waals surface area contributed by atoms with Crippen molar-refractivity contribution >= 4 is 34.8 Å². The van der Waals surface area contributed by atoms with Crippen molar-refractivity contribution in [2.24, 2.45) is 11.8 Å². The summed E-state index contributed by atoms with van der Waals surface area (Å²) in [6.07, 6.45) is 4.12. The third-order valence-electron chi connectivity index (χ3n) is 13.5. The number of hydrogen-bond acceptors (Lipinski definition) is 9. The Balaban J connectivity index is 0.884. The first-order valence-electron chi connectivity index (χ1n) is 21.1. The van der Waals surface area contributed by atoms with Crippen LogP contribution in [0.15, 0.2) is 73.1 Å². The summed E-state index contributed by atoms with van der Waals surface area (Å²) in [7, 11) is 5.67. The third-order valence-corrected chi connectivity index (χ3v) is 13.5. The Morgan fingerprint density at radius 3 is 1.76 bits per heavy atom. The van der Waals surface area contributed by atoms with Crippen LogP contribution in [0.25, 0.3) is 44.4 Å². The van der Waals surface area contributed by atoms with Gasteiger partial charge in [-0.15, -0.1) is 0 Å². The second-order valence-corrected chi connectivity index (χ2v) is 17.1. The number of rotatable bonds is 13. The number of carbonyl (C=O) groups excluding carboxylic acids is 3. The number of likely N-dealkylation sites (tertiary alicyclic amines) is 2. The van der Waals surface area contributed by atoms with E-state index in [1.807, 2.05) is 28.3 Å². The van der Waals surface area contributed by atoms with Crippen molar-refractivity contribution in [2.75, 3.05) is 28.4 Å². The molecule has 2 saturated carbocycles. The molecule has 2 aliphatic heterocycles. The summed E-state index contributed by atoms with van der Waals surface area (Å²) in [5.74, 6) is 1.70. The summed E-state index contributed by atoms with van der Waals surface area (Å²) >= 11 is 0. The number of nitrogens with one attached hydrogen (secondary N) is 3. The monoisotopic (exact) mass is 844 g/mol. The molecule has 2 saturated heterocycles. The number of aromatic nitrogens is 4. The van der Waals surface area contributed by atoms with Crippen LogP contribution in [0.5, 0.6) is 0 Å². The standard InChI is InChI=1S/C46H52N8O8/c1-23(60-4)39(51-45(57)62-6)43(55)53-35-17-31(35)19-37(53)41-47-21-33(49-41)26-9-7-25(8-10-26)27-11-12-29-16-30(14-13-28(29)15-27)34-22-48-42(50-34)38-20-32-18-36(32)54(38)44(56)40(24(2)61-5)52(3)46(58)59/h7-16,21-24,31-32,35-40H,17-20H2,1-6H3,(H,47,49)(H,48,50)(H,51,57)(H,58,59)/t23?,24-,31-,32-,35-,36-,37+,38+,39+,40+/m1/s1. The van der Waals surface area contributed by atoms with Gasteiger partial charge in [-0.25, -0.2) is 19.6 Å². The van der Waals surface area contributed by atoms with E-state index in [0.717, 1.165) is 75.0 Å². The maximum Gasteiger partial charge on any atom is 0.407 e. The highest BCUT2D eigenvalue weighted by Gasteiger charge is 2.58. The number of hydrogen-bond donors (Lipinski definition) is 4. The first-order chi connectivity index (χ1) is 29.9. The molecule has 2 aliphatic carbocycles. The average Bonchev–Trinajstić information content (AvgIpc) is 3.87. The van der Waals surface area contributed by atoms with E-state index >= 15 is 0 Å². The number of likely N-dealkylation sites (N-methyl/N-ethyl adjacent to an activating group) is 1. The number of benzene rings is 3. The van der Waals surface area contributed by atoms with E-state index in [2.05, 4.69) is 69.9 Å². The highest BCUT2D eigenvalue weighted by atomic mass is 16.5. The van der Waals surface area contributed by atoms with Gasteiger partial charge in [0.1, 0.15) is 23.7 Å². The summed E-state index contributed by atoms with van der Waals surface area (Å²) in [5.41, 5.74) is 5.56.